The normalized spacial score (nSPS) is 22.3. The molecule has 3 atom stereocenters. The lowest BCUT2D eigenvalue weighted by atomic mass is 9.81. The highest BCUT2D eigenvalue weighted by Crippen LogP contribution is 2.39. The predicted molar refractivity (Wildman–Crippen MR) is 123 cm³/mol. The molecule has 1 aliphatic heterocycles. The molecule has 3 unspecified atom stereocenters. The summed E-state index contributed by atoms with van der Waals surface area (Å²) in [5.41, 5.74) is 0.743. The number of halogens is 1. The maximum atomic E-state index is 13.1. The number of nitrogens with one attached hydrogen (secondary N) is 1. The van der Waals surface area contributed by atoms with Gasteiger partial charge in [-0.3, -0.25) is 19.3 Å². The molecule has 1 N–H and O–H groups in total. The van der Waals surface area contributed by atoms with Crippen molar-refractivity contribution in [2.45, 2.75) is 38.1 Å². The van der Waals surface area contributed by atoms with Gasteiger partial charge in [-0.1, -0.05) is 24.4 Å². The average molecular weight is 484 g/mol. The van der Waals surface area contributed by atoms with Gasteiger partial charge in [0.15, 0.2) is 5.13 Å². The first-order valence-electron chi connectivity index (χ1n) is 9.87. The summed E-state index contributed by atoms with van der Waals surface area (Å²) in [5, 5.41) is 5.14. The molecule has 30 heavy (non-hydrogen) atoms. The third-order valence-electron chi connectivity index (χ3n) is 5.64. The maximum absolute atomic E-state index is 13.1. The molecule has 0 aromatic carbocycles. The lowest BCUT2D eigenvalue weighted by Crippen LogP contribution is -2.48. The standard InChI is InChI=1S/C20H22ClN3O3S3/c1-28-9-8-14(24-18(26)11-4-2-3-5-12(11)19(24)27)17(25)23-20-22-13(10-29-20)15-6-7-16(21)30-15/h6-7,10-12,14H,2-5,8-9H2,1H3,(H,22,23,25). The van der Waals surface area contributed by atoms with E-state index in [2.05, 4.69) is 10.3 Å². The van der Waals surface area contributed by atoms with E-state index in [4.69, 9.17) is 11.6 Å². The van der Waals surface area contributed by atoms with Crippen molar-refractivity contribution >= 4 is 68.9 Å². The van der Waals surface area contributed by atoms with Crippen molar-refractivity contribution in [1.82, 2.24) is 9.88 Å². The van der Waals surface area contributed by atoms with Crippen molar-refractivity contribution in [3.63, 3.8) is 0 Å². The minimum Gasteiger partial charge on any atom is -0.300 e. The number of hydrogen-bond acceptors (Lipinski definition) is 7. The SMILES string of the molecule is CSCCC(C(=O)Nc1nc(-c2ccc(Cl)s2)cs1)N1C(=O)C2CCCCC2C1=O. The molecule has 2 aliphatic rings. The summed E-state index contributed by atoms with van der Waals surface area (Å²) in [7, 11) is 0. The lowest BCUT2D eigenvalue weighted by Gasteiger charge is -2.25. The number of thiazole rings is 1. The molecule has 1 saturated carbocycles. The second-order valence-electron chi connectivity index (χ2n) is 7.47. The van der Waals surface area contributed by atoms with Gasteiger partial charge in [-0.2, -0.15) is 11.8 Å². The molecule has 1 aliphatic carbocycles. The number of aromatic nitrogens is 1. The van der Waals surface area contributed by atoms with Gasteiger partial charge in [-0.25, -0.2) is 4.98 Å². The van der Waals surface area contributed by atoms with Crippen molar-refractivity contribution in [3.8, 4) is 10.6 Å². The van der Waals surface area contributed by atoms with Gasteiger partial charge in [0.25, 0.3) is 0 Å². The molecule has 1 saturated heterocycles. The summed E-state index contributed by atoms with van der Waals surface area (Å²) in [6, 6.07) is 2.89. The highest BCUT2D eigenvalue weighted by atomic mass is 35.5. The maximum Gasteiger partial charge on any atom is 0.249 e. The smallest absolute Gasteiger partial charge is 0.249 e. The molecule has 0 bridgehead atoms. The van der Waals surface area contributed by atoms with Gasteiger partial charge in [0.2, 0.25) is 17.7 Å². The highest BCUT2D eigenvalue weighted by Gasteiger charge is 2.51. The minimum absolute atomic E-state index is 0.181. The van der Waals surface area contributed by atoms with Crippen LogP contribution in [0.2, 0.25) is 4.34 Å². The van der Waals surface area contributed by atoms with Crippen LogP contribution in [0.3, 0.4) is 0 Å². The van der Waals surface area contributed by atoms with Crippen LogP contribution in [0, 0.1) is 11.8 Å². The van der Waals surface area contributed by atoms with Gasteiger partial charge in [0.05, 0.1) is 26.7 Å². The van der Waals surface area contributed by atoms with Crippen LogP contribution in [0.15, 0.2) is 17.5 Å². The third-order valence-corrected chi connectivity index (χ3v) is 8.30. The zero-order valence-electron chi connectivity index (χ0n) is 16.4. The molecule has 10 heteroatoms. The van der Waals surface area contributed by atoms with Gasteiger partial charge in [-0.05, 0) is 43.4 Å². The van der Waals surface area contributed by atoms with Crippen molar-refractivity contribution in [1.29, 1.82) is 0 Å². The van der Waals surface area contributed by atoms with Crippen LogP contribution >= 0.6 is 46.0 Å². The fourth-order valence-corrected chi connectivity index (χ4v) is 6.44. The van der Waals surface area contributed by atoms with Crippen LogP contribution in [0.1, 0.15) is 32.1 Å². The quantitative estimate of drug-likeness (QED) is 0.574. The molecule has 2 aromatic heterocycles. The first-order chi connectivity index (χ1) is 14.5. The van der Waals surface area contributed by atoms with Crippen molar-refractivity contribution < 1.29 is 14.4 Å². The number of thiophene rings is 1. The monoisotopic (exact) mass is 483 g/mol. The number of anilines is 1. The van der Waals surface area contributed by atoms with Crippen LogP contribution in [0.25, 0.3) is 10.6 Å². The minimum atomic E-state index is -0.799. The van der Waals surface area contributed by atoms with E-state index in [0.717, 1.165) is 36.3 Å². The highest BCUT2D eigenvalue weighted by molar-refractivity contribution is 7.98. The molecule has 6 nitrogen and oxygen atoms in total. The number of carbonyl (C=O) groups is 3. The Hall–Kier alpha value is -1.42. The molecule has 160 valence electrons. The fourth-order valence-electron chi connectivity index (χ4n) is 4.19. The average Bonchev–Trinajstić information content (AvgIpc) is 3.44. The van der Waals surface area contributed by atoms with Gasteiger partial charge >= 0.3 is 0 Å². The Bertz CT molecular complexity index is 936. The van der Waals surface area contributed by atoms with E-state index in [0.29, 0.717) is 21.6 Å². The van der Waals surface area contributed by atoms with Crippen molar-refractivity contribution in [3.05, 3.63) is 21.8 Å². The van der Waals surface area contributed by atoms with Gasteiger partial charge < -0.3 is 5.32 Å². The Morgan fingerprint density at radius 1 is 1.30 bits per heavy atom. The van der Waals surface area contributed by atoms with Crippen LogP contribution in [-0.2, 0) is 14.4 Å². The van der Waals surface area contributed by atoms with Crippen LogP contribution in [0.4, 0.5) is 5.13 Å². The molecule has 2 aromatic rings. The van der Waals surface area contributed by atoms with Gasteiger partial charge in [0.1, 0.15) is 6.04 Å². The number of rotatable bonds is 7. The van der Waals surface area contributed by atoms with Gasteiger partial charge in [-0.15, -0.1) is 22.7 Å². The molecule has 2 fully saturated rings. The molecular formula is C20H22ClN3O3S3. The molecule has 0 radical (unpaired) electrons. The first kappa shape index (κ1) is 21.8. The van der Waals surface area contributed by atoms with E-state index in [1.54, 1.807) is 11.8 Å². The molecular weight excluding hydrogens is 462 g/mol. The van der Waals surface area contributed by atoms with E-state index in [9.17, 15) is 14.4 Å². The van der Waals surface area contributed by atoms with Crippen LogP contribution in [-0.4, -0.2) is 45.7 Å². The Balaban J connectivity index is 1.52. The second-order valence-corrected chi connectivity index (χ2v) is 11.0. The number of carbonyl (C=O) groups excluding carboxylic acids is 3. The summed E-state index contributed by atoms with van der Waals surface area (Å²) in [5.74, 6) is -0.550. The summed E-state index contributed by atoms with van der Waals surface area (Å²) in [6.45, 7) is 0. The molecule has 0 spiro atoms. The van der Waals surface area contributed by atoms with Crippen molar-refractivity contribution in [2.24, 2.45) is 11.8 Å². The Morgan fingerprint density at radius 3 is 2.60 bits per heavy atom. The van der Waals surface area contributed by atoms with Gasteiger partial charge in [0, 0.05) is 5.38 Å². The molecule has 3 heterocycles. The summed E-state index contributed by atoms with van der Waals surface area (Å²) in [6.07, 6.45) is 5.78. The van der Waals surface area contributed by atoms with E-state index in [-0.39, 0.29) is 29.6 Å². The van der Waals surface area contributed by atoms with E-state index in [1.165, 1.54) is 27.6 Å². The first-order valence-corrected chi connectivity index (χ1v) is 13.3. The Labute approximate surface area is 192 Å². The van der Waals surface area contributed by atoms with Crippen molar-refractivity contribution in [2.75, 3.05) is 17.3 Å². The number of imide groups is 1. The summed E-state index contributed by atoms with van der Waals surface area (Å²) in [4.78, 5) is 45.8. The number of nitrogens with zero attached hydrogens (tertiary/aromatic N) is 2. The number of amides is 3. The number of likely N-dealkylation sites (tertiary alicyclic amines) is 1. The van der Waals surface area contributed by atoms with E-state index >= 15 is 0 Å². The zero-order valence-corrected chi connectivity index (χ0v) is 19.6. The molecule has 3 amide bonds. The fraction of sp³-hybridized carbons (Fsp3) is 0.500. The Morgan fingerprint density at radius 2 is 2.00 bits per heavy atom. The van der Waals surface area contributed by atoms with E-state index < -0.39 is 6.04 Å². The molecule has 4 rings (SSSR count). The van der Waals surface area contributed by atoms with E-state index in [1.807, 2.05) is 23.8 Å². The second kappa shape index (κ2) is 9.38. The number of thioether (sulfide) groups is 1. The Kier molecular flexibility index (Phi) is 6.81. The number of hydrogen-bond donors (Lipinski definition) is 1. The number of fused-ring (bicyclic) bond motifs is 1. The lowest BCUT2D eigenvalue weighted by molar-refractivity contribution is -0.146. The summed E-state index contributed by atoms with van der Waals surface area (Å²) < 4.78 is 0.674. The predicted octanol–water partition coefficient (Wildman–Crippen LogP) is 4.76. The summed E-state index contributed by atoms with van der Waals surface area (Å²) >= 11 is 10.3. The zero-order chi connectivity index (χ0) is 21.3. The topological polar surface area (TPSA) is 79.4 Å². The van der Waals surface area contributed by atoms with Crippen LogP contribution < -0.4 is 5.32 Å². The largest absolute Gasteiger partial charge is 0.300 e. The third kappa shape index (κ3) is 4.30. The van der Waals surface area contributed by atoms with Crippen LogP contribution in [0.5, 0.6) is 0 Å².